The van der Waals surface area contributed by atoms with Gasteiger partial charge in [0, 0.05) is 18.6 Å². The molecular formula is C13H18N6O. The summed E-state index contributed by atoms with van der Waals surface area (Å²) in [7, 11) is 0. The largest absolute Gasteiger partial charge is 0.349 e. The van der Waals surface area contributed by atoms with Crippen LogP contribution in [0.25, 0.3) is 5.52 Å². The Hall–Kier alpha value is -1.89. The molecule has 2 aliphatic rings. The van der Waals surface area contributed by atoms with Crippen molar-refractivity contribution in [1.29, 1.82) is 0 Å². The Morgan fingerprint density at radius 2 is 2.25 bits per heavy atom. The van der Waals surface area contributed by atoms with Crippen LogP contribution in [-0.4, -0.2) is 49.9 Å². The third-order valence-electron chi connectivity index (χ3n) is 4.51. The van der Waals surface area contributed by atoms with Gasteiger partial charge in [-0.2, -0.15) is 9.61 Å². The van der Waals surface area contributed by atoms with Crippen LogP contribution in [0.4, 0.5) is 5.95 Å². The fraction of sp³-hybridized carbons (Fsp3) is 0.615. The zero-order valence-corrected chi connectivity index (χ0v) is 11.2. The third kappa shape index (κ3) is 1.81. The van der Waals surface area contributed by atoms with Crippen LogP contribution in [0.3, 0.4) is 0 Å². The molecule has 2 saturated heterocycles. The quantitative estimate of drug-likeness (QED) is 0.831. The van der Waals surface area contributed by atoms with Gasteiger partial charge in [0.1, 0.15) is 5.52 Å². The molecule has 0 amide bonds. The van der Waals surface area contributed by atoms with Crippen LogP contribution in [-0.2, 0) is 0 Å². The lowest BCUT2D eigenvalue weighted by Gasteiger charge is -2.32. The Bertz CT molecular complexity index is 677. The number of H-pyrrole nitrogens is 1. The molecule has 2 aliphatic heterocycles. The molecule has 20 heavy (non-hydrogen) atoms. The molecule has 106 valence electrons. The Balaban J connectivity index is 1.63. The number of hydrogen-bond acceptors (Lipinski definition) is 5. The number of anilines is 1. The molecule has 0 saturated carbocycles. The van der Waals surface area contributed by atoms with E-state index in [1.165, 1.54) is 25.8 Å². The number of nitrogens with one attached hydrogen (secondary N) is 2. The lowest BCUT2D eigenvalue weighted by atomic mass is 9.99. The molecule has 2 N–H and O–H groups in total. The standard InChI is InChI=1S/C13H18N6O/c20-12-11-4-6-14-19(11)13(17-16-12)15-9-5-8-18-7-2-1-3-10(9)18/h4,6,9-10H,1-3,5,7-8H2,(H,15,17)(H,16,20). The summed E-state index contributed by atoms with van der Waals surface area (Å²) < 4.78 is 1.59. The number of hydrogen-bond donors (Lipinski definition) is 2. The fourth-order valence-electron chi connectivity index (χ4n) is 3.53. The molecule has 2 fully saturated rings. The molecule has 4 heterocycles. The minimum Gasteiger partial charge on any atom is -0.349 e. The van der Waals surface area contributed by atoms with Gasteiger partial charge in [-0.05, 0) is 31.9 Å². The Labute approximate surface area is 116 Å². The van der Waals surface area contributed by atoms with Crippen molar-refractivity contribution in [3.8, 4) is 0 Å². The fourth-order valence-corrected chi connectivity index (χ4v) is 3.53. The topological polar surface area (TPSA) is 78.3 Å². The van der Waals surface area contributed by atoms with Gasteiger partial charge in [0.2, 0.25) is 5.95 Å². The van der Waals surface area contributed by atoms with E-state index in [1.807, 2.05) is 0 Å². The molecule has 0 aliphatic carbocycles. The van der Waals surface area contributed by atoms with E-state index in [4.69, 9.17) is 0 Å². The molecule has 2 atom stereocenters. The highest BCUT2D eigenvalue weighted by Gasteiger charge is 2.35. The number of fused-ring (bicyclic) bond motifs is 2. The van der Waals surface area contributed by atoms with Crippen LogP contribution in [0.2, 0.25) is 0 Å². The summed E-state index contributed by atoms with van der Waals surface area (Å²) in [5.74, 6) is 0.627. The van der Waals surface area contributed by atoms with Crippen LogP contribution in [0.5, 0.6) is 0 Å². The van der Waals surface area contributed by atoms with Crippen molar-refractivity contribution in [2.24, 2.45) is 0 Å². The first-order chi connectivity index (χ1) is 9.83. The summed E-state index contributed by atoms with van der Waals surface area (Å²) >= 11 is 0. The van der Waals surface area contributed by atoms with Gasteiger partial charge in [0.25, 0.3) is 5.56 Å². The second kappa shape index (κ2) is 4.59. The van der Waals surface area contributed by atoms with Gasteiger partial charge < -0.3 is 5.32 Å². The zero-order chi connectivity index (χ0) is 13.5. The van der Waals surface area contributed by atoms with Crippen LogP contribution < -0.4 is 10.9 Å². The van der Waals surface area contributed by atoms with Crippen LogP contribution in [0.1, 0.15) is 25.7 Å². The zero-order valence-electron chi connectivity index (χ0n) is 11.2. The normalized spacial score (nSPS) is 26.8. The Kier molecular flexibility index (Phi) is 2.73. The van der Waals surface area contributed by atoms with E-state index >= 15 is 0 Å². The minimum atomic E-state index is -0.209. The molecule has 0 bridgehead atoms. The predicted octanol–water partition coefficient (Wildman–Crippen LogP) is 0.456. The summed E-state index contributed by atoms with van der Waals surface area (Å²) in [5, 5.41) is 14.3. The first kappa shape index (κ1) is 11.9. The van der Waals surface area contributed by atoms with Crippen molar-refractivity contribution in [3.63, 3.8) is 0 Å². The van der Waals surface area contributed by atoms with E-state index in [2.05, 4.69) is 25.5 Å². The molecule has 2 aromatic heterocycles. The average molecular weight is 274 g/mol. The molecule has 7 heteroatoms. The summed E-state index contributed by atoms with van der Waals surface area (Å²) in [6.07, 6.45) is 6.59. The van der Waals surface area contributed by atoms with E-state index in [9.17, 15) is 4.79 Å². The van der Waals surface area contributed by atoms with E-state index in [1.54, 1.807) is 16.8 Å². The van der Waals surface area contributed by atoms with Crippen molar-refractivity contribution in [3.05, 3.63) is 22.6 Å². The molecule has 0 radical (unpaired) electrons. The first-order valence-electron chi connectivity index (χ1n) is 7.26. The smallest absolute Gasteiger partial charge is 0.290 e. The minimum absolute atomic E-state index is 0.209. The molecule has 0 aromatic carbocycles. The second-order valence-corrected chi connectivity index (χ2v) is 5.64. The second-order valence-electron chi connectivity index (χ2n) is 5.64. The van der Waals surface area contributed by atoms with Gasteiger partial charge in [0.15, 0.2) is 0 Å². The van der Waals surface area contributed by atoms with E-state index in [-0.39, 0.29) is 5.56 Å². The SMILES string of the molecule is O=c1[nH]nc(NC2CCN3CCCCC23)n2nccc12. The van der Waals surface area contributed by atoms with Crippen molar-refractivity contribution in [1.82, 2.24) is 24.7 Å². The van der Waals surface area contributed by atoms with Gasteiger partial charge >= 0.3 is 0 Å². The number of nitrogens with zero attached hydrogens (tertiary/aromatic N) is 4. The molecular weight excluding hydrogens is 256 g/mol. The summed E-state index contributed by atoms with van der Waals surface area (Å²) in [6.45, 7) is 2.35. The number of aromatic nitrogens is 4. The number of piperidine rings is 1. The summed E-state index contributed by atoms with van der Waals surface area (Å²) in [4.78, 5) is 14.2. The van der Waals surface area contributed by atoms with Crippen molar-refractivity contribution in [2.45, 2.75) is 37.8 Å². The van der Waals surface area contributed by atoms with Gasteiger partial charge in [-0.25, -0.2) is 5.10 Å². The average Bonchev–Trinajstić information content (AvgIpc) is 3.10. The number of rotatable bonds is 2. The van der Waals surface area contributed by atoms with Crippen LogP contribution in [0.15, 0.2) is 17.1 Å². The molecule has 2 aromatic rings. The highest BCUT2D eigenvalue weighted by Crippen LogP contribution is 2.28. The van der Waals surface area contributed by atoms with Gasteiger partial charge in [0.05, 0.1) is 6.20 Å². The van der Waals surface area contributed by atoms with Crippen LogP contribution in [0, 0.1) is 0 Å². The van der Waals surface area contributed by atoms with E-state index in [0.717, 1.165) is 13.0 Å². The van der Waals surface area contributed by atoms with Crippen molar-refractivity contribution >= 4 is 11.5 Å². The van der Waals surface area contributed by atoms with Crippen LogP contribution >= 0.6 is 0 Å². The third-order valence-corrected chi connectivity index (χ3v) is 4.51. The Morgan fingerprint density at radius 3 is 3.20 bits per heavy atom. The lowest BCUT2D eigenvalue weighted by molar-refractivity contribution is 0.192. The first-order valence-corrected chi connectivity index (χ1v) is 7.26. The van der Waals surface area contributed by atoms with E-state index < -0.39 is 0 Å². The van der Waals surface area contributed by atoms with Gasteiger partial charge in [-0.1, -0.05) is 6.42 Å². The highest BCUT2D eigenvalue weighted by molar-refractivity contribution is 5.47. The maximum Gasteiger partial charge on any atom is 0.290 e. The summed E-state index contributed by atoms with van der Waals surface area (Å²) in [6, 6.07) is 2.68. The van der Waals surface area contributed by atoms with Crippen molar-refractivity contribution < 1.29 is 0 Å². The maximum absolute atomic E-state index is 11.6. The summed E-state index contributed by atoms with van der Waals surface area (Å²) in [5.41, 5.74) is 0.319. The molecule has 4 rings (SSSR count). The Morgan fingerprint density at radius 1 is 1.30 bits per heavy atom. The monoisotopic (exact) mass is 274 g/mol. The van der Waals surface area contributed by atoms with E-state index in [0.29, 0.717) is 23.5 Å². The lowest BCUT2D eigenvalue weighted by Crippen LogP contribution is -2.42. The predicted molar refractivity (Wildman–Crippen MR) is 74.8 cm³/mol. The molecule has 7 nitrogen and oxygen atoms in total. The van der Waals surface area contributed by atoms with Gasteiger partial charge in [-0.15, -0.1) is 5.10 Å². The molecule has 0 spiro atoms. The number of aromatic amines is 1. The van der Waals surface area contributed by atoms with Crippen molar-refractivity contribution in [2.75, 3.05) is 18.4 Å². The maximum atomic E-state index is 11.6. The molecule has 2 unspecified atom stereocenters. The highest BCUT2D eigenvalue weighted by atomic mass is 16.1. The van der Waals surface area contributed by atoms with Gasteiger partial charge in [-0.3, -0.25) is 9.69 Å².